The maximum atomic E-state index is 11.4. The number of hydrogen-bond donors (Lipinski definition) is 1. The van der Waals surface area contributed by atoms with Crippen molar-refractivity contribution in [3.63, 3.8) is 0 Å². The zero-order valence-electron chi connectivity index (χ0n) is 9.79. The van der Waals surface area contributed by atoms with Crippen LogP contribution >= 0.6 is 12.8 Å². The van der Waals surface area contributed by atoms with Crippen molar-refractivity contribution < 1.29 is 4.79 Å². The van der Waals surface area contributed by atoms with Gasteiger partial charge in [-0.15, -0.1) is 0 Å². The van der Waals surface area contributed by atoms with Crippen molar-refractivity contribution in [1.82, 2.24) is 4.31 Å². The van der Waals surface area contributed by atoms with Crippen LogP contribution in [0.2, 0.25) is 0 Å². The molecule has 2 unspecified atom stereocenters. The van der Waals surface area contributed by atoms with Gasteiger partial charge in [-0.3, -0.25) is 4.79 Å². The van der Waals surface area contributed by atoms with Crippen molar-refractivity contribution in [1.29, 1.82) is 0 Å². The van der Waals surface area contributed by atoms with Gasteiger partial charge in [0.15, 0.2) is 0 Å². The smallest absolute Gasteiger partial charge is 0.147 e. The highest BCUT2D eigenvalue weighted by atomic mass is 32.1. The summed E-state index contributed by atoms with van der Waals surface area (Å²) in [4.78, 5) is 11.4. The van der Waals surface area contributed by atoms with Crippen LogP contribution in [-0.4, -0.2) is 23.2 Å². The lowest BCUT2D eigenvalue weighted by molar-refractivity contribution is -0.120. The van der Waals surface area contributed by atoms with E-state index in [1.807, 2.05) is 7.05 Å². The molecule has 0 amide bonds. The van der Waals surface area contributed by atoms with Crippen molar-refractivity contribution in [3.05, 3.63) is 0 Å². The Morgan fingerprint density at radius 3 is 2.29 bits per heavy atom. The molecule has 0 saturated carbocycles. The van der Waals surface area contributed by atoms with Crippen LogP contribution in [0, 0.1) is 5.92 Å². The number of hydrogen-bond acceptors (Lipinski definition) is 3. The first kappa shape index (κ1) is 14.0. The minimum absolute atomic E-state index is 0.0187. The summed E-state index contributed by atoms with van der Waals surface area (Å²) in [6, 6.07) is -0.0187. The molecule has 0 rings (SSSR count). The van der Waals surface area contributed by atoms with Crippen LogP contribution in [0.25, 0.3) is 0 Å². The number of Topliss-reactive ketones (excluding diaryl/α,β-unsaturated/α-hetero) is 1. The van der Waals surface area contributed by atoms with Crippen molar-refractivity contribution in [2.45, 2.75) is 52.5 Å². The van der Waals surface area contributed by atoms with Gasteiger partial charge >= 0.3 is 0 Å². The summed E-state index contributed by atoms with van der Waals surface area (Å²) in [5, 5.41) is 0. The van der Waals surface area contributed by atoms with E-state index in [9.17, 15) is 4.79 Å². The standard InChI is InChI=1S/C11H23NOS/c1-5-7-10(6-2)8-11(9(3)13)12(4)14/h10-11,14H,5-8H2,1-4H3. The predicted octanol–water partition coefficient (Wildman–Crippen LogP) is 2.94. The van der Waals surface area contributed by atoms with Crippen LogP contribution in [0.15, 0.2) is 0 Å². The lowest BCUT2D eigenvalue weighted by Gasteiger charge is -2.24. The first-order chi connectivity index (χ1) is 6.52. The fraction of sp³-hybridized carbons (Fsp3) is 0.909. The molecular weight excluding hydrogens is 194 g/mol. The Bertz CT molecular complexity index is 171. The molecule has 2 nitrogen and oxygen atoms in total. The van der Waals surface area contributed by atoms with Crippen molar-refractivity contribution in [2.24, 2.45) is 5.92 Å². The van der Waals surface area contributed by atoms with Crippen molar-refractivity contribution >= 4 is 18.6 Å². The molecule has 0 spiro atoms. The second-order valence-corrected chi connectivity index (χ2v) is 4.63. The van der Waals surface area contributed by atoms with Gasteiger partial charge in [0.25, 0.3) is 0 Å². The monoisotopic (exact) mass is 217 g/mol. The summed E-state index contributed by atoms with van der Waals surface area (Å²) < 4.78 is 1.74. The number of carbonyl (C=O) groups excluding carboxylic acids is 1. The van der Waals surface area contributed by atoms with E-state index in [0.717, 1.165) is 12.8 Å². The zero-order valence-corrected chi connectivity index (χ0v) is 10.7. The highest BCUT2D eigenvalue weighted by molar-refractivity contribution is 7.77. The summed E-state index contributed by atoms with van der Waals surface area (Å²) in [5.74, 6) is 0.876. The highest BCUT2D eigenvalue weighted by Gasteiger charge is 2.21. The molecule has 0 saturated heterocycles. The van der Waals surface area contributed by atoms with Gasteiger partial charge in [0.1, 0.15) is 5.78 Å². The molecule has 0 aromatic carbocycles. The Balaban J connectivity index is 4.18. The van der Waals surface area contributed by atoms with Gasteiger partial charge in [0, 0.05) is 0 Å². The summed E-state index contributed by atoms with van der Waals surface area (Å²) in [6.45, 7) is 6.03. The Kier molecular flexibility index (Phi) is 7.28. The van der Waals surface area contributed by atoms with E-state index in [2.05, 4.69) is 26.7 Å². The molecule has 0 aliphatic heterocycles. The Hall–Kier alpha value is -0.0200. The van der Waals surface area contributed by atoms with E-state index in [4.69, 9.17) is 0 Å². The molecule has 0 aromatic rings. The number of rotatable bonds is 7. The SMILES string of the molecule is CCCC(CC)CC(C(C)=O)N(C)S. The fourth-order valence-corrected chi connectivity index (χ4v) is 2.05. The van der Waals surface area contributed by atoms with Gasteiger partial charge in [-0.05, 0) is 26.3 Å². The van der Waals surface area contributed by atoms with Gasteiger partial charge in [-0.2, -0.15) is 0 Å². The Morgan fingerprint density at radius 1 is 1.43 bits per heavy atom. The normalized spacial score (nSPS) is 15.6. The van der Waals surface area contributed by atoms with Crippen molar-refractivity contribution in [3.8, 4) is 0 Å². The average Bonchev–Trinajstić information content (AvgIpc) is 2.10. The summed E-state index contributed by atoms with van der Waals surface area (Å²) in [5.41, 5.74) is 0. The largest absolute Gasteiger partial charge is 0.298 e. The van der Waals surface area contributed by atoms with Crippen LogP contribution < -0.4 is 0 Å². The maximum Gasteiger partial charge on any atom is 0.147 e. The molecule has 0 aliphatic rings. The molecule has 0 aliphatic carbocycles. The first-order valence-corrected chi connectivity index (χ1v) is 5.85. The Labute approximate surface area is 93.6 Å². The Morgan fingerprint density at radius 2 is 2.00 bits per heavy atom. The van der Waals surface area contributed by atoms with Gasteiger partial charge in [0.05, 0.1) is 6.04 Å². The quantitative estimate of drug-likeness (QED) is 0.662. The molecule has 0 bridgehead atoms. The van der Waals surface area contributed by atoms with Gasteiger partial charge in [-0.25, -0.2) is 4.31 Å². The van der Waals surface area contributed by atoms with Crippen LogP contribution in [0.3, 0.4) is 0 Å². The molecule has 0 heterocycles. The molecule has 14 heavy (non-hydrogen) atoms. The highest BCUT2D eigenvalue weighted by Crippen LogP contribution is 2.20. The molecule has 0 N–H and O–H groups in total. The summed E-state index contributed by atoms with van der Waals surface area (Å²) in [6.07, 6.45) is 4.50. The van der Waals surface area contributed by atoms with E-state index in [1.165, 1.54) is 12.8 Å². The molecule has 2 atom stereocenters. The van der Waals surface area contributed by atoms with Crippen LogP contribution in [-0.2, 0) is 4.79 Å². The van der Waals surface area contributed by atoms with Gasteiger partial charge < -0.3 is 0 Å². The summed E-state index contributed by atoms with van der Waals surface area (Å²) in [7, 11) is 1.86. The molecular formula is C11H23NOS. The number of carbonyl (C=O) groups is 1. The second-order valence-electron chi connectivity index (χ2n) is 4.00. The fourth-order valence-electron chi connectivity index (χ4n) is 1.79. The third kappa shape index (κ3) is 5.01. The van der Waals surface area contributed by atoms with Crippen LogP contribution in [0.4, 0.5) is 0 Å². The number of likely N-dealkylation sites (N-methyl/N-ethyl adjacent to an activating group) is 1. The second kappa shape index (κ2) is 7.30. The van der Waals surface area contributed by atoms with Gasteiger partial charge in [0.2, 0.25) is 0 Å². The third-order valence-electron chi connectivity index (χ3n) is 2.75. The van der Waals surface area contributed by atoms with E-state index in [0.29, 0.717) is 5.92 Å². The molecule has 84 valence electrons. The lowest BCUT2D eigenvalue weighted by Crippen LogP contribution is -2.33. The van der Waals surface area contributed by atoms with E-state index < -0.39 is 0 Å². The minimum Gasteiger partial charge on any atom is -0.298 e. The molecule has 3 heteroatoms. The van der Waals surface area contributed by atoms with E-state index >= 15 is 0 Å². The molecule has 0 aromatic heterocycles. The third-order valence-corrected chi connectivity index (χ3v) is 3.03. The maximum absolute atomic E-state index is 11.4. The van der Waals surface area contributed by atoms with Crippen molar-refractivity contribution in [2.75, 3.05) is 7.05 Å². The summed E-state index contributed by atoms with van der Waals surface area (Å²) >= 11 is 4.23. The number of ketones is 1. The topological polar surface area (TPSA) is 20.3 Å². The minimum atomic E-state index is -0.0187. The van der Waals surface area contributed by atoms with Gasteiger partial charge in [-0.1, -0.05) is 45.9 Å². The first-order valence-electron chi connectivity index (χ1n) is 5.45. The van der Waals surface area contributed by atoms with E-state index in [-0.39, 0.29) is 11.8 Å². The zero-order chi connectivity index (χ0) is 11.1. The number of thiol groups is 1. The molecule has 0 radical (unpaired) electrons. The average molecular weight is 217 g/mol. The van der Waals surface area contributed by atoms with E-state index in [1.54, 1.807) is 11.2 Å². The predicted molar refractivity (Wildman–Crippen MR) is 64.5 cm³/mol. The molecule has 0 fully saturated rings. The van der Waals surface area contributed by atoms with Crippen LogP contribution in [0.1, 0.15) is 46.5 Å². The number of nitrogens with zero attached hydrogens (tertiary/aromatic N) is 1. The lowest BCUT2D eigenvalue weighted by atomic mass is 9.91. The van der Waals surface area contributed by atoms with Crippen LogP contribution in [0.5, 0.6) is 0 Å².